The molecule has 0 spiro atoms. The summed E-state index contributed by atoms with van der Waals surface area (Å²) >= 11 is 1.81. The topological polar surface area (TPSA) is 42.2 Å². The van der Waals surface area contributed by atoms with Crippen molar-refractivity contribution >= 4 is 11.3 Å². The van der Waals surface area contributed by atoms with Crippen LogP contribution in [0.1, 0.15) is 30.0 Å². The third kappa shape index (κ3) is 3.03. The minimum Gasteiger partial charge on any atom is -0.330 e. The van der Waals surface area contributed by atoms with Gasteiger partial charge in [0, 0.05) is 17.8 Å². The fourth-order valence-electron chi connectivity index (χ4n) is 2.28. The second-order valence-electron chi connectivity index (χ2n) is 4.61. The van der Waals surface area contributed by atoms with Crippen LogP contribution in [-0.4, -0.2) is 36.1 Å². The lowest BCUT2D eigenvalue weighted by atomic mass is 10.1. The zero-order chi connectivity index (χ0) is 11.4. The Bertz CT molecular complexity index is 324. The van der Waals surface area contributed by atoms with Crippen LogP contribution in [0.5, 0.6) is 0 Å². The summed E-state index contributed by atoms with van der Waals surface area (Å²) in [7, 11) is 2.22. The molecule has 1 unspecified atom stereocenters. The van der Waals surface area contributed by atoms with E-state index in [1.807, 2.05) is 11.3 Å². The highest BCUT2D eigenvalue weighted by Crippen LogP contribution is 2.21. The molecule has 1 fully saturated rings. The normalized spacial score (nSPS) is 21.8. The lowest BCUT2D eigenvalue weighted by molar-refractivity contribution is 0.309. The van der Waals surface area contributed by atoms with Crippen LogP contribution in [0, 0.1) is 0 Å². The number of nitrogens with two attached hydrogens (primary N) is 1. The Morgan fingerprint density at radius 2 is 2.50 bits per heavy atom. The van der Waals surface area contributed by atoms with Crippen molar-refractivity contribution in [3.05, 3.63) is 16.1 Å². The minimum absolute atomic E-state index is 0.716. The Balaban J connectivity index is 1.87. The van der Waals surface area contributed by atoms with Gasteiger partial charge in [-0.25, -0.2) is 4.98 Å². The van der Waals surface area contributed by atoms with Gasteiger partial charge in [0.2, 0.25) is 0 Å². The van der Waals surface area contributed by atoms with E-state index >= 15 is 0 Å². The predicted molar refractivity (Wildman–Crippen MR) is 68.8 cm³/mol. The first kappa shape index (κ1) is 12.0. The smallest absolute Gasteiger partial charge is 0.0943 e. The van der Waals surface area contributed by atoms with E-state index in [-0.39, 0.29) is 0 Å². The summed E-state index contributed by atoms with van der Waals surface area (Å²) in [5.74, 6) is 0. The molecule has 3 nitrogen and oxygen atoms in total. The number of aryl methyl sites for hydroxylation is 1. The van der Waals surface area contributed by atoms with Crippen molar-refractivity contribution < 1.29 is 0 Å². The standard InChI is InChI=1S/C12H21N3S/c1-15-7-3-5-11(15)8-12-14-10(9-16-12)4-2-6-13/h9,11H,2-8,13H2,1H3. The number of hydrogen-bond donors (Lipinski definition) is 1. The third-order valence-electron chi connectivity index (χ3n) is 3.32. The van der Waals surface area contributed by atoms with E-state index in [1.54, 1.807) is 0 Å². The molecule has 0 radical (unpaired) electrons. The molecule has 2 rings (SSSR count). The third-order valence-corrected chi connectivity index (χ3v) is 4.24. The maximum absolute atomic E-state index is 5.50. The molecule has 16 heavy (non-hydrogen) atoms. The van der Waals surface area contributed by atoms with Gasteiger partial charge in [0.1, 0.15) is 0 Å². The van der Waals surface area contributed by atoms with Crippen molar-refractivity contribution in [3.8, 4) is 0 Å². The Labute approximate surface area is 102 Å². The van der Waals surface area contributed by atoms with Crippen molar-refractivity contribution in [2.24, 2.45) is 5.73 Å². The average molecular weight is 239 g/mol. The number of likely N-dealkylation sites (N-methyl/N-ethyl adjacent to an activating group) is 1. The van der Waals surface area contributed by atoms with Gasteiger partial charge in [0.05, 0.1) is 10.7 Å². The number of nitrogens with zero attached hydrogens (tertiary/aromatic N) is 2. The molecule has 1 aromatic rings. The monoisotopic (exact) mass is 239 g/mol. The van der Waals surface area contributed by atoms with Crippen molar-refractivity contribution in [3.63, 3.8) is 0 Å². The molecule has 1 aliphatic heterocycles. The summed E-state index contributed by atoms with van der Waals surface area (Å²) in [4.78, 5) is 7.14. The first-order valence-electron chi connectivity index (χ1n) is 6.13. The molecular formula is C12H21N3S. The van der Waals surface area contributed by atoms with E-state index < -0.39 is 0 Å². The predicted octanol–water partition coefficient (Wildman–Crippen LogP) is 1.67. The van der Waals surface area contributed by atoms with Crippen LogP contribution in [0.3, 0.4) is 0 Å². The summed E-state index contributed by atoms with van der Waals surface area (Å²) in [6, 6.07) is 0.716. The van der Waals surface area contributed by atoms with E-state index in [1.165, 1.54) is 30.1 Å². The van der Waals surface area contributed by atoms with Gasteiger partial charge in [0.25, 0.3) is 0 Å². The van der Waals surface area contributed by atoms with Crippen LogP contribution in [-0.2, 0) is 12.8 Å². The molecule has 4 heteroatoms. The lowest BCUT2D eigenvalue weighted by Crippen LogP contribution is -2.26. The van der Waals surface area contributed by atoms with Gasteiger partial charge < -0.3 is 10.6 Å². The Morgan fingerprint density at radius 3 is 3.19 bits per heavy atom. The fraction of sp³-hybridized carbons (Fsp3) is 0.750. The molecule has 2 N–H and O–H groups in total. The number of thiazole rings is 1. The zero-order valence-corrected chi connectivity index (χ0v) is 10.8. The van der Waals surface area contributed by atoms with Gasteiger partial charge in [-0.05, 0) is 45.8 Å². The summed E-state index contributed by atoms with van der Waals surface area (Å²) in [5, 5.41) is 3.49. The van der Waals surface area contributed by atoms with Crippen LogP contribution < -0.4 is 5.73 Å². The SMILES string of the molecule is CN1CCCC1Cc1nc(CCCN)cs1. The van der Waals surface area contributed by atoms with Crippen LogP contribution in [0.2, 0.25) is 0 Å². The maximum Gasteiger partial charge on any atom is 0.0943 e. The number of hydrogen-bond acceptors (Lipinski definition) is 4. The molecule has 1 aromatic heterocycles. The molecule has 2 heterocycles. The van der Waals surface area contributed by atoms with E-state index in [0.717, 1.165) is 25.8 Å². The average Bonchev–Trinajstić information content (AvgIpc) is 2.87. The Hall–Kier alpha value is -0.450. The van der Waals surface area contributed by atoms with E-state index in [2.05, 4.69) is 22.3 Å². The van der Waals surface area contributed by atoms with Gasteiger partial charge in [-0.2, -0.15) is 0 Å². The number of aromatic nitrogens is 1. The molecule has 0 amide bonds. The minimum atomic E-state index is 0.716. The van der Waals surface area contributed by atoms with Gasteiger partial charge in [-0.15, -0.1) is 11.3 Å². The van der Waals surface area contributed by atoms with E-state index in [0.29, 0.717) is 6.04 Å². The van der Waals surface area contributed by atoms with Crippen molar-refractivity contribution in [1.82, 2.24) is 9.88 Å². The molecule has 0 bridgehead atoms. The molecule has 1 saturated heterocycles. The highest BCUT2D eigenvalue weighted by molar-refractivity contribution is 7.09. The van der Waals surface area contributed by atoms with Gasteiger partial charge in [0.15, 0.2) is 0 Å². The summed E-state index contributed by atoms with van der Waals surface area (Å²) < 4.78 is 0. The fourth-order valence-corrected chi connectivity index (χ4v) is 3.18. The largest absolute Gasteiger partial charge is 0.330 e. The number of rotatable bonds is 5. The highest BCUT2D eigenvalue weighted by atomic mass is 32.1. The molecule has 1 atom stereocenters. The lowest BCUT2D eigenvalue weighted by Gasteiger charge is -2.17. The molecule has 0 aromatic carbocycles. The quantitative estimate of drug-likeness (QED) is 0.850. The van der Waals surface area contributed by atoms with Crippen LogP contribution >= 0.6 is 11.3 Å². The van der Waals surface area contributed by atoms with Crippen molar-refractivity contribution in [2.75, 3.05) is 20.1 Å². The van der Waals surface area contributed by atoms with E-state index in [9.17, 15) is 0 Å². The van der Waals surface area contributed by atoms with Crippen LogP contribution in [0.4, 0.5) is 0 Å². The molecule has 1 aliphatic rings. The summed E-state index contributed by atoms with van der Waals surface area (Å²) in [6.45, 7) is 2.01. The van der Waals surface area contributed by atoms with Gasteiger partial charge in [-0.1, -0.05) is 0 Å². The molecule has 90 valence electrons. The van der Waals surface area contributed by atoms with Crippen molar-refractivity contribution in [1.29, 1.82) is 0 Å². The summed E-state index contributed by atoms with van der Waals surface area (Å²) in [6.07, 6.45) is 5.88. The second-order valence-corrected chi connectivity index (χ2v) is 5.55. The first-order valence-corrected chi connectivity index (χ1v) is 7.01. The zero-order valence-electron chi connectivity index (χ0n) is 9.98. The van der Waals surface area contributed by atoms with Crippen molar-refractivity contribution in [2.45, 2.75) is 38.1 Å². The van der Waals surface area contributed by atoms with Crippen LogP contribution in [0.25, 0.3) is 0 Å². The molecular weight excluding hydrogens is 218 g/mol. The maximum atomic E-state index is 5.50. The van der Waals surface area contributed by atoms with Gasteiger partial charge in [-0.3, -0.25) is 0 Å². The van der Waals surface area contributed by atoms with Crippen LogP contribution in [0.15, 0.2) is 5.38 Å². The molecule has 0 saturated carbocycles. The summed E-state index contributed by atoms with van der Waals surface area (Å²) in [5.41, 5.74) is 6.73. The second kappa shape index (κ2) is 5.75. The first-order chi connectivity index (χ1) is 7.79. The highest BCUT2D eigenvalue weighted by Gasteiger charge is 2.21. The number of likely N-dealkylation sites (tertiary alicyclic amines) is 1. The Morgan fingerprint density at radius 1 is 1.62 bits per heavy atom. The Kier molecular flexibility index (Phi) is 4.32. The van der Waals surface area contributed by atoms with Gasteiger partial charge >= 0.3 is 0 Å². The van der Waals surface area contributed by atoms with E-state index in [4.69, 9.17) is 5.73 Å². The molecule has 0 aliphatic carbocycles.